The third-order valence-electron chi connectivity index (χ3n) is 3.68. The number of halogens is 1. The van der Waals surface area contributed by atoms with Crippen molar-refractivity contribution < 1.29 is 28.2 Å². The summed E-state index contributed by atoms with van der Waals surface area (Å²) in [6.07, 6.45) is -1.48. The van der Waals surface area contributed by atoms with Crippen LogP contribution < -0.4 is 11.2 Å². The van der Waals surface area contributed by atoms with E-state index in [4.69, 9.17) is 14.2 Å². The van der Waals surface area contributed by atoms with E-state index < -0.39 is 47.4 Å². The van der Waals surface area contributed by atoms with Gasteiger partial charge in [-0.25, -0.2) is 4.79 Å². The van der Waals surface area contributed by atoms with E-state index in [-0.39, 0.29) is 25.9 Å². The molecular weight excluding hydrogens is 339 g/mol. The second kappa shape index (κ2) is 8.06. The summed E-state index contributed by atoms with van der Waals surface area (Å²) in [5.41, 5.74) is -2.00. The number of carbonyl (C=O) groups excluding carboxylic acids is 2. The largest absolute Gasteiger partial charge is 0.463 e. The van der Waals surface area contributed by atoms with Gasteiger partial charge in [0.1, 0.15) is 25.0 Å². The van der Waals surface area contributed by atoms with Gasteiger partial charge in [0.2, 0.25) is 5.82 Å². The number of ether oxygens (including phenoxy) is 3. The molecule has 1 N–H and O–H groups in total. The number of hydrogen-bond donors (Lipinski definition) is 1. The highest BCUT2D eigenvalue weighted by atomic mass is 19.1. The number of nitrogens with one attached hydrogen (secondary N) is 1. The normalized spacial score (nSPS) is 22.6. The van der Waals surface area contributed by atoms with Crippen molar-refractivity contribution in [2.45, 2.75) is 51.5 Å². The van der Waals surface area contributed by atoms with Crippen LogP contribution in [0.15, 0.2) is 15.8 Å². The van der Waals surface area contributed by atoms with Crippen molar-refractivity contribution in [1.29, 1.82) is 0 Å². The van der Waals surface area contributed by atoms with E-state index in [0.29, 0.717) is 0 Å². The molecule has 3 atom stereocenters. The smallest absolute Gasteiger partial charge is 0.330 e. The van der Waals surface area contributed by atoms with Crippen molar-refractivity contribution in [3.05, 3.63) is 32.9 Å². The van der Waals surface area contributed by atoms with E-state index in [1.54, 1.807) is 13.8 Å². The van der Waals surface area contributed by atoms with E-state index in [0.717, 1.165) is 10.8 Å². The van der Waals surface area contributed by atoms with Gasteiger partial charge in [-0.3, -0.25) is 23.9 Å². The van der Waals surface area contributed by atoms with Gasteiger partial charge < -0.3 is 14.2 Å². The third kappa shape index (κ3) is 4.53. The molecule has 1 aromatic rings. The lowest BCUT2D eigenvalue weighted by Crippen LogP contribution is -2.34. The van der Waals surface area contributed by atoms with Crippen molar-refractivity contribution in [1.82, 2.24) is 9.55 Å². The fourth-order valence-electron chi connectivity index (χ4n) is 2.35. The zero-order valence-corrected chi connectivity index (χ0v) is 13.8. The second-order valence-electron chi connectivity index (χ2n) is 5.43. The molecule has 0 saturated carbocycles. The van der Waals surface area contributed by atoms with Gasteiger partial charge in [0.25, 0.3) is 5.56 Å². The Balaban J connectivity index is 2.20. The number of H-pyrrole nitrogens is 1. The molecule has 0 bridgehead atoms. The van der Waals surface area contributed by atoms with Gasteiger partial charge in [0.05, 0.1) is 6.20 Å². The molecular formula is C15H19FN2O7. The summed E-state index contributed by atoms with van der Waals surface area (Å²) >= 11 is 0. The molecule has 0 spiro atoms. The van der Waals surface area contributed by atoms with Gasteiger partial charge in [0, 0.05) is 19.3 Å². The number of carbonyl (C=O) groups is 2. The van der Waals surface area contributed by atoms with Gasteiger partial charge in [-0.15, -0.1) is 0 Å². The molecule has 9 nitrogen and oxygen atoms in total. The van der Waals surface area contributed by atoms with E-state index in [1.807, 2.05) is 4.98 Å². The van der Waals surface area contributed by atoms with Crippen LogP contribution >= 0.6 is 0 Å². The minimum Gasteiger partial charge on any atom is -0.463 e. The highest BCUT2D eigenvalue weighted by Gasteiger charge is 2.40. The number of esters is 2. The lowest BCUT2D eigenvalue weighted by Gasteiger charge is -2.18. The van der Waals surface area contributed by atoms with E-state index in [2.05, 4.69) is 0 Å². The topological polar surface area (TPSA) is 117 Å². The molecule has 0 radical (unpaired) electrons. The Hall–Kier alpha value is -2.49. The van der Waals surface area contributed by atoms with Gasteiger partial charge in [0.15, 0.2) is 0 Å². The molecule has 1 aliphatic rings. The maximum Gasteiger partial charge on any atom is 0.330 e. The Bertz CT molecular complexity index is 757. The van der Waals surface area contributed by atoms with E-state index in [1.165, 1.54) is 0 Å². The molecule has 1 fully saturated rings. The van der Waals surface area contributed by atoms with Gasteiger partial charge in [-0.1, -0.05) is 13.8 Å². The first-order valence-corrected chi connectivity index (χ1v) is 7.87. The predicted octanol–water partition coefficient (Wildman–Crippen LogP) is 0.238. The first kappa shape index (κ1) is 18.8. The predicted molar refractivity (Wildman–Crippen MR) is 81.2 cm³/mol. The Morgan fingerprint density at radius 2 is 2.00 bits per heavy atom. The third-order valence-corrected chi connectivity index (χ3v) is 3.68. The van der Waals surface area contributed by atoms with Gasteiger partial charge >= 0.3 is 17.6 Å². The van der Waals surface area contributed by atoms with Crippen molar-refractivity contribution in [2.75, 3.05) is 6.61 Å². The summed E-state index contributed by atoms with van der Waals surface area (Å²) in [7, 11) is 0. The summed E-state index contributed by atoms with van der Waals surface area (Å²) in [5.74, 6) is -2.09. The minimum atomic E-state index is -1.15. The van der Waals surface area contributed by atoms with E-state index >= 15 is 0 Å². The zero-order chi connectivity index (χ0) is 18.6. The molecule has 0 aromatic carbocycles. The molecule has 2 rings (SSSR count). The van der Waals surface area contributed by atoms with Crippen LogP contribution in [-0.2, 0) is 23.8 Å². The minimum absolute atomic E-state index is 0.0471. The average molecular weight is 358 g/mol. The highest BCUT2D eigenvalue weighted by molar-refractivity contribution is 5.69. The first-order chi connectivity index (χ1) is 11.8. The fraction of sp³-hybridized carbons (Fsp3) is 0.600. The van der Waals surface area contributed by atoms with Crippen LogP contribution in [0.4, 0.5) is 4.39 Å². The Labute approximate surface area is 141 Å². The number of aromatic amines is 1. The van der Waals surface area contributed by atoms with Crippen molar-refractivity contribution >= 4 is 11.9 Å². The standard InChI is InChI=1S/C15H19FN2O7/c1-3-12(19)23-7-10-9(25-13(20)4-2)5-11(24-10)18-6-8(16)14(21)17-15(18)22/h6,9-11H,3-5,7H2,1-2H3,(H,17,21,22). The van der Waals surface area contributed by atoms with Crippen LogP contribution in [0.5, 0.6) is 0 Å². The number of hydrogen-bond acceptors (Lipinski definition) is 7. The monoisotopic (exact) mass is 358 g/mol. The van der Waals surface area contributed by atoms with Crippen LogP contribution in [0.3, 0.4) is 0 Å². The summed E-state index contributed by atoms with van der Waals surface area (Å²) < 4.78 is 30.2. The molecule has 25 heavy (non-hydrogen) atoms. The lowest BCUT2D eigenvalue weighted by molar-refractivity contribution is -0.157. The van der Waals surface area contributed by atoms with Crippen LogP contribution in [0, 0.1) is 5.82 Å². The molecule has 0 amide bonds. The molecule has 138 valence electrons. The van der Waals surface area contributed by atoms with Crippen molar-refractivity contribution in [2.24, 2.45) is 0 Å². The highest BCUT2D eigenvalue weighted by Crippen LogP contribution is 2.30. The molecule has 1 saturated heterocycles. The van der Waals surface area contributed by atoms with Crippen LogP contribution in [0.1, 0.15) is 39.3 Å². The maximum absolute atomic E-state index is 13.5. The van der Waals surface area contributed by atoms with Gasteiger partial charge in [-0.2, -0.15) is 4.39 Å². The maximum atomic E-state index is 13.5. The second-order valence-corrected chi connectivity index (χ2v) is 5.43. The number of rotatable bonds is 6. The fourth-order valence-corrected chi connectivity index (χ4v) is 2.35. The zero-order valence-electron chi connectivity index (χ0n) is 13.8. The molecule has 3 unspecified atom stereocenters. The first-order valence-electron chi connectivity index (χ1n) is 7.87. The SMILES string of the molecule is CCC(=O)OCC1OC(n2cc(F)c(=O)[nH]c2=O)CC1OC(=O)CC. The Kier molecular flexibility index (Phi) is 6.07. The number of aromatic nitrogens is 2. The molecule has 1 aliphatic heterocycles. The Morgan fingerprint density at radius 3 is 2.64 bits per heavy atom. The number of nitrogens with zero attached hydrogens (tertiary/aromatic N) is 1. The molecule has 0 aliphatic carbocycles. The lowest BCUT2D eigenvalue weighted by atomic mass is 10.2. The summed E-state index contributed by atoms with van der Waals surface area (Å²) in [6, 6.07) is 0. The summed E-state index contributed by atoms with van der Waals surface area (Å²) in [6.45, 7) is 3.06. The van der Waals surface area contributed by atoms with Crippen LogP contribution in [0.25, 0.3) is 0 Å². The van der Waals surface area contributed by atoms with Crippen LogP contribution in [-0.4, -0.2) is 40.3 Å². The molecule has 10 heteroatoms. The van der Waals surface area contributed by atoms with E-state index in [9.17, 15) is 23.6 Å². The summed E-state index contributed by atoms with van der Waals surface area (Å²) in [5, 5.41) is 0. The van der Waals surface area contributed by atoms with Crippen molar-refractivity contribution in [3.8, 4) is 0 Å². The van der Waals surface area contributed by atoms with Gasteiger partial charge in [-0.05, 0) is 0 Å². The quantitative estimate of drug-likeness (QED) is 0.724. The molecule has 1 aromatic heterocycles. The average Bonchev–Trinajstić information content (AvgIpc) is 2.98. The Morgan fingerprint density at radius 1 is 1.32 bits per heavy atom. The van der Waals surface area contributed by atoms with Crippen LogP contribution in [0.2, 0.25) is 0 Å². The van der Waals surface area contributed by atoms with Crippen molar-refractivity contribution in [3.63, 3.8) is 0 Å². The summed E-state index contributed by atoms with van der Waals surface area (Å²) in [4.78, 5) is 47.7. The molecule has 2 heterocycles.